The number of sulfone groups is 1. The fourth-order valence-corrected chi connectivity index (χ4v) is 5.07. The molecule has 27 heavy (non-hydrogen) atoms. The van der Waals surface area contributed by atoms with Crippen LogP contribution in [0.2, 0.25) is 5.02 Å². The van der Waals surface area contributed by atoms with Crippen molar-refractivity contribution >= 4 is 27.3 Å². The molecule has 0 bridgehead atoms. The summed E-state index contributed by atoms with van der Waals surface area (Å²) in [6.07, 6.45) is 1.21. The van der Waals surface area contributed by atoms with Gasteiger partial charge in [-0.3, -0.25) is 4.79 Å². The van der Waals surface area contributed by atoms with Crippen molar-refractivity contribution in [1.82, 2.24) is 25.1 Å². The summed E-state index contributed by atoms with van der Waals surface area (Å²) in [6, 6.07) is 6.66. The van der Waals surface area contributed by atoms with Crippen molar-refractivity contribution in [2.24, 2.45) is 0 Å². The van der Waals surface area contributed by atoms with E-state index >= 15 is 0 Å². The van der Waals surface area contributed by atoms with Crippen molar-refractivity contribution in [3.8, 4) is 11.4 Å². The predicted molar refractivity (Wildman–Crippen MR) is 102 cm³/mol. The second-order valence-electron chi connectivity index (χ2n) is 6.77. The van der Waals surface area contributed by atoms with E-state index < -0.39 is 9.84 Å². The van der Waals surface area contributed by atoms with E-state index in [0.717, 1.165) is 12.0 Å². The number of tetrazole rings is 1. The topological polar surface area (TPSA) is 98.1 Å². The second-order valence-corrected chi connectivity index (χ2v) is 9.43. The van der Waals surface area contributed by atoms with Gasteiger partial charge >= 0.3 is 0 Å². The van der Waals surface area contributed by atoms with E-state index in [2.05, 4.69) is 15.4 Å². The smallest absolute Gasteiger partial charge is 0.246 e. The molecule has 2 heterocycles. The van der Waals surface area contributed by atoms with Crippen LogP contribution in [0.5, 0.6) is 0 Å². The lowest BCUT2D eigenvalue weighted by Crippen LogP contribution is -2.48. The van der Waals surface area contributed by atoms with Crippen LogP contribution in [0.25, 0.3) is 11.4 Å². The summed E-state index contributed by atoms with van der Waals surface area (Å²) in [5.41, 5.74) is 0.749. The highest BCUT2D eigenvalue weighted by molar-refractivity contribution is 7.91. The molecule has 0 unspecified atom stereocenters. The van der Waals surface area contributed by atoms with Gasteiger partial charge < -0.3 is 4.90 Å². The molecule has 8 nitrogen and oxygen atoms in total. The highest BCUT2D eigenvalue weighted by Gasteiger charge is 2.36. The van der Waals surface area contributed by atoms with Crippen molar-refractivity contribution < 1.29 is 13.2 Å². The molecule has 2 aromatic rings. The zero-order valence-corrected chi connectivity index (χ0v) is 16.8. The number of halogens is 1. The molecule has 0 N–H and O–H groups in total. The maximum atomic E-state index is 12.9. The molecule has 1 aliphatic rings. The van der Waals surface area contributed by atoms with Gasteiger partial charge in [-0.25, -0.2) is 8.42 Å². The van der Waals surface area contributed by atoms with E-state index in [-0.39, 0.29) is 36.0 Å². The minimum Gasteiger partial charge on any atom is -0.334 e. The van der Waals surface area contributed by atoms with Crippen LogP contribution in [-0.4, -0.2) is 63.0 Å². The molecule has 1 aromatic carbocycles. The third-order valence-corrected chi connectivity index (χ3v) is 6.79. The van der Waals surface area contributed by atoms with E-state index in [4.69, 9.17) is 11.6 Å². The minimum absolute atomic E-state index is 0.0177. The van der Waals surface area contributed by atoms with Gasteiger partial charge in [0.2, 0.25) is 11.7 Å². The van der Waals surface area contributed by atoms with Crippen LogP contribution in [0.3, 0.4) is 0 Å². The van der Waals surface area contributed by atoms with Gasteiger partial charge in [0, 0.05) is 22.7 Å². The fourth-order valence-electron chi connectivity index (χ4n) is 3.23. The maximum Gasteiger partial charge on any atom is 0.246 e. The van der Waals surface area contributed by atoms with Gasteiger partial charge in [-0.05, 0) is 49.2 Å². The monoisotopic (exact) mass is 411 g/mol. The number of carbonyl (C=O) groups is 1. The van der Waals surface area contributed by atoms with Gasteiger partial charge in [0.05, 0.1) is 11.5 Å². The van der Waals surface area contributed by atoms with Crippen LogP contribution in [-0.2, 0) is 21.2 Å². The molecule has 1 saturated heterocycles. The van der Waals surface area contributed by atoms with Gasteiger partial charge in [-0.2, -0.15) is 4.80 Å². The van der Waals surface area contributed by atoms with E-state index in [1.165, 1.54) is 4.80 Å². The number of carbonyl (C=O) groups excluding carboxylic acids is 1. The zero-order chi connectivity index (χ0) is 19.6. The molecule has 0 saturated carbocycles. The first-order chi connectivity index (χ1) is 12.8. The lowest BCUT2D eigenvalue weighted by Gasteiger charge is -2.33. The molecule has 0 aliphatic carbocycles. The van der Waals surface area contributed by atoms with Crippen LogP contribution >= 0.6 is 11.6 Å². The Hall–Kier alpha value is -2.00. The summed E-state index contributed by atoms with van der Waals surface area (Å²) < 4.78 is 23.7. The van der Waals surface area contributed by atoms with Crippen LogP contribution in [0.15, 0.2) is 24.3 Å². The molecular formula is C17H22ClN5O3S. The molecule has 0 radical (unpaired) electrons. The largest absolute Gasteiger partial charge is 0.334 e. The lowest BCUT2D eigenvalue weighted by atomic mass is 10.1. The molecule has 10 heteroatoms. The first kappa shape index (κ1) is 19.8. The van der Waals surface area contributed by atoms with Crippen molar-refractivity contribution in [2.45, 2.75) is 45.3 Å². The summed E-state index contributed by atoms with van der Waals surface area (Å²) in [6.45, 7) is 3.82. The molecule has 0 spiro atoms. The number of benzene rings is 1. The Bertz CT molecular complexity index is 913. The molecule has 2 atom stereocenters. The normalized spacial score (nSPS) is 19.7. The van der Waals surface area contributed by atoms with Gasteiger partial charge in [0.1, 0.15) is 6.54 Å². The molecular weight excluding hydrogens is 390 g/mol. The number of amides is 1. The Labute approximate surface area is 163 Å². The van der Waals surface area contributed by atoms with Gasteiger partial charge in [-0.1, -0.05) is 18.5 Å². The third-order valence-electron chi connectivity index (χ3n) is 4.79. The molecule has 146 valence electrons. The van der Waals surface area contributed by atoms with E-state index in [1.807, 2.05) is 13.8 Å². The average molecular weight is 412 g/mol. The van der Waals surface area contributed by atoms with Crippen molar-refractivity contribution in [3.63, 3.8) is 0 Å². The van der Waals surface area contributed by atoms with Gasteiger partial charge in [0.25, 0.3) is 0 Å². The molecule has 1 aromatic heterocycles. The molecule has 1 amide bonds. The molecule has 3 rings (SSSR count). The zero-order valence-electron chi connectivity index (χ0n) is 15.2. The van der Waals surface area contributed by atoms with Crippen molar-refractivity contribution in [2.75, 3.05) is 11.5 Å². The molecule has 1 fully saturated rings. The summed E-state index contributed by atoms with van der Waals surface area (Å²) >= 11 is 5.88. The summed E-state index contributed by atoms with van der Waals surface area (Å²) in [4.78, 5) is 15.8. The number of hydrogen-bond donors (Lipinski definition) is 0. The van der Waals surface area contributed by atoms with Crippen LogP contribution in [0.4, 0.5) is 0 Å². The summed E-state index contributed by atoms with van der Waals surface area (Å²) in [7, 11) is -3.08. The minimum atomic E-state index is -3.08. The maximum absolute atomic E-state index is 12.9. The first-order valence-corrected chi connectivity index (χ1v) is 11.0. The molecule has 1 aliphatic heterocycles. The standard InChI is InChI=1S/C17H22ClN5O3S/c1-3-12(2)23(15-8-9-27(25,26)11-15)16(24)10-22-20-17(19-21-22)13-4-6-14(18)7-5-13/h4-7,12,15H,3,8-11H2,1-2H3/t12-,15-/m1/s1. The Kier molecular flexibility index (Phi) is 5.81. The van der Waals surface area contributed by atoms with E-state index in [1.54, 1.807) is 29.2 Å². The highest BCUT2D eigenvalue weighted by Crippen LogP contribution is 2.22. The van der Waals surface area contributed by atoms with E-state index in [0.29, 0.717) is 17.3 Å². The van der Waals surface area contributed by atoms with Crippen LogP contribution in [0.1, 0.15) is 26.7 Å². The van der Waals surface area contributed by atoms with E-state index in [9.17, 15) is 13.2 Å². The number of hydrogen-bond acceptors (Lipinski definition) is 6. The van der Waals surface area contributed by atoms with Crippen LogP contribution in [0, 0.1) is 0 Å². The Morgan fingerprint density at radius 2 is 2.07 bits per heavy atom. The Morgan fingerprint density at radius 1 is 1.37 bits per heavy atom. The summed E-state index contributed by atoms with van der Waals surface area (Å²) in [5, 5.41) is 12.8. The quantitative estimate of drug-likeness (QED) is 0.718. The number of rotatable bonds is 6. The Morgan fingerprint density at radius 3 is 2.67 bits per heavy atom. The number of nitrogens with zero attached hydrogens (tertiary/aromatic N) is 5. The second kappa shape index (κ2) is 7.93. The van der Waals surface area contributed by atoms with Crippen molar-refractivity contribution in [3.05, 3.63) is 29.3 Å². The Balaban J connectivity index is 1.75. The third kappa shape index (κ3) is 4.65. The lowest BCUT2D eigenvalue weighted by molar-refractivity contribution is -0.136. The number of aromatic nitrogens is 4. The first-order valence-electron chi connectivity index (χ1n) is 8.84. The fraction of sp³-hybridized carbons (Fsp3) is 0.529. The van der Waals surface area contributed by atoms with Crippen LogP contribution < -0.4 is 0 Å². The highest BCUT2D eigenvalue weighted by atomic mass is 35.5. The predicted octanol–water partition coefficient (Wildman–Crippen LogP) is 1.81. The summed E-state index contributed by atoms with van der Waals surface area (Å²) in [5.74, 6) is 0.342. The van der Waals surface area contributed by atoms with Gasteiger partial charge in [-0.15, -0.1) is 10.2 Å². The van der Waals surface area contributed by atoms with Crippen molar-refractivity contribution in [1.29, 1.82) is 0 Å². The SMILES string of the molecule is CC[C@@H](C)N(C(=O)Cn1nnc(-c2ccc(Cl)cc2)n1)[C@@H]1CCS(=O)(=O)C1. The van der Waals surface area contributed by atoms with Gasteiger partial charge in [0.15, 0.2) is 9.84 Å². The average Bonchev–Trinajstić information content (AvgIpc) is 3.22.